The molecule has 0 spiro atoms. The van der Waals surface area contributed by atoms with Crippen molar-refractivity contribution < 1.29 is 14.7 Å². The second kappa shape index (κ2) is 6.20. The highest BCUT2D eigenvalue weighted by atomic mass is 16.4. The number of nitrogens with zero attached hydrogens (tertiary/aromatic N) is 2. The van der Waals surface area contributed by atoms with Gasteiger partial charge in [-0.05, 0) is 30.0 Å². The van der Waals surface area contributed by atoms with Crippen molar-refractivity contribution in [3.63, 3.8) is 0 Å². The topological polar surface area (TPSA) is 70.5 Å². The van der Waals surface area contributed by atoms with Gasteiger partial charge in [0, 0.05) is 25.5 Å². The van der Waals surface area contributed by atoms with E-state index in [0.29, 0.717) is 25.9 Å². The molecule has 0 radical (unpaired) electrons. The molecular weight excluding hydrogens is 292 g/mol. The van der Waals surface area contributed by atoms with Crippen molar-refractivity contribution in [2.45, 2.75) is 26.3 Å². The molecule has 1 aliphatic heterocycles. The lowest BCUT2D eigenvalue weighted by Gasteiger charge is -2.29. The van der Waals surface area contributed by atoms with Crippen LogP contribution in [0.5, 0.6) is 0 Å². The number of carbonyl (C=O) groups excluding carboxylic acids is 1. The van der Waals surface area contributed by atoms with Crippen LogP contribution in [-0.2, 0) is 24.2 Å². The van der Waals surface area contributed by atoms with Gasteiger partial charge in [0.1, 0.15) is 0 Å². The number of carbonyl (C=O) groups is 2. The molecule has 3 rings (SSSR count). The fraction of sp³-hybridized carbons (Fsp3) is 0.278. The van der Waals surface area contributed by atoms with Crippen LogP contribution < -0.4 is 0 Å². The molecule has 0 saturated heterocycles. The quantitative estimate of drug-likeness (QED) is 0.943. The molecule has 2 aromatic rings. The third kappa shape index (κ3) is 3.23. The first-order valence-corrected chi connectivity index (χ1v) is 7.57. The van der Waals surface area contributed by atoms with E-state index >= 15 is 0 Å². The standard InChI is InChI=1S/C18H18N2O3/c1-12-2-4-13(5-3-12)8-17(21)20-7-6-15-14(11-20)9-19-10-16(15)18(22)23/h2-5,9-10H,6-8,11H2,1H3,(H,22,23). The molecule has 0 atom stereocenters. The van der Waals surface area contributed by atoms with Gasteiger partial charge in [-0.3, -0.25) is 9.78 Å². The van der Waals surface area contributed by atoms with Crippen LogP contribution in [0.2, 0.25) is 0 Å². The smallest absolute Gasteiger partial charge is 0.337 e. The predicted molar refractivity (Wildman–Crippen MR) is 85.2 cm³/mol. The molecule has 1 aromatic heterocycles. The Bertz CT molecular complexity index is 753. The van der Waals surface area contributed by atoms with E-state index in [1.165, 1.54) is 11.8 Å². The van der Waals surface area contributed by atoms with Gasteiger partial charge in [0.05, 0.1) is 12.0 Å². The highest BCUT2D eigenvalue weighted by Gasteiger charge is 2.24. The first-order chi connectivity index (χ1) is 11.0. The van der Waals surface area contributed by atoms with E-state index in [0.717, 1.165) is 16.7 Å². The van der Waals surface area contributed by atoms with E-state index in [2.05, 4.69) is 4.98 Å². The van der Waals surface area contributed by atoms with Gasteiger partial charge in [0.25, 0.3) is 0 Å². The van der Waals surface area contributed by atoms with Crippen LogP contribution in [0.15, 0.2) is 36.7 Å². The van der Waals surface area contributed by atoms with Crippen LogP contribution in [0.25, 0.3) is 0 Å². The molecule has 2 heterocycles. The molecule has 0 bridgehead atoms. The first-order valence-electron chi connectivity index (χ1n) is 7.57. The first kappa shape index (κ1) is 15.2. The van der Waals surface area contributed by atoms with Crippen molar-refractivity contribution >= 4 is 11.9 Å². The Balaban J connectivity index is 1.74. The molecule has 0 fully saturated rings. The zero-order valence-corrected chi connectivity index (χ0v) is 13.0. The van der Waals surface area contributed by atoms with Crippen molar-refractivity contribution in [3.05, 3.63) is 64.5 Å². The average Bonchev–Trinajstić information content (AvgIpc) is 2.55. The molecule has 1 aliphatic rings. The second-order valence-electron chi connectivity index (χ2n) is 5.86. The third-order valence-electron chi connectivity index (χ3n) is 4.20. The third-order valence-corrected chi connectivity index (χ3v) is 4.20. The number of carboxylic acids is 1. The number of hydrogen-bond acceptors (Lipinski definition) is 3. The lowest BCUT2D eigenvalue weighted by Crippen LogP contribution is -2.37. The Labute approximate surface area is 134 Å². The minimum atomic E-state index is -0.964. The molecule has 1 amide bonds. The zero-order valence-electron chi connectivity index (χ0n) is 13.0. The Morgan fingerprint density at radius 2 is 1.96 bits per heavy atom. The fourth-order valence-corrected chi connectivity index (χ4v) is 2.88. The Hall–Kier alpha value is -2.69. The Morgan fingerprint density at radius 1 is 1.22 bits per heavy atom. The summed E-state index contributed by atoms with van der Waals surface area (Å²) in [6.07, 6.45) is 3.96. The van der Waals surface area contributed by atoms with Crippen molar-refractivity contribution in [1.82, 2.24) is 9.88 Å². The number of pyridine rings is 1. The van der Waals surface area contributed by atoms with Crippen LogP contribution in [-0.4, -0.2) is 33.4 Å². The van der Waals surface area contributed by atoms with Crippen LogP contribution in [0.3, 0.4) is 0 Å². The van der Waals surface area contributed by atoms with Crippen LogP contribution >= 0.6 is 0 Å². The van der Waals surface area contributed by atoms with Crippen molar-refractivity contribution in [3.8, 4) is 0 Å². The highest BCUT2D eigenvalue weighted by Crippen LogP contribution is 2.22. The van der Waals surface area contributed by atoms with Gasteiger partial charge < -0.3 is 10.0 Å². The van der Waals surface area contributed by atoms with Gasteiger partial charge in [-0.15, -0.1) is 0 Å². The van der Waals surface area contributed by atoms with E-state index < -0.39 is 5.97 Å². The van der Waals surface area contributed by atoms with Crippen LogP contribution in [0.4, 0.5) is 0 Å². The number of carboxylic acid groups (broad SMARTS) is 1. The SMILES string of the molecule is Cc1ccc(CC(=O)N2CCc3c(cncc3C(=O)O)C2)cc1. The average molecular weight is 310 g/mol. The van der Waals surface area contributed by atoms with Gasteiger partial charge in [0.15, 0.2) is 0 Å². The molecule has 5 heteroatoms. The number of aryl methyl sites for hydroxylation is 1. The summed E-state index contributed by atoms with van der Waals surface area (Å²) in [5.74, 6) is -0.908. The maximum atomic E-state index is 12.5. The van der Waals surface area contributed by atoms with Gasteiger partial charge in [0.2, 0.25) is 5.91 Å². The maximum absolute atomic E-state index is 12.5. The summed E-state index contributed by atoms with van der Waals surface area (Å²) in [5.41, 5.74) is 4.03. The van der Waals surface area contributed by atoms with E-state index in [9.17, 15) is 14.7 Å². The second-order valence-corrected chi connectivity index (χ2v) is 5.86. The molecule has 1 aromatic carbocycles. The predicted octanol–water partition coefficient (Wildman–Crippen LogP) is 2.22. The lowest BCUT2D eigenvalue weighted by molar-refractivity contribution is -0.131. The number of fused-ring (bicyclic) bond motifs is 1. The zero-order chi connectivity index (χ0) is 16.4. The van der Waals surface area contributed by atoms with Crippen LogP contribution in [0, 0.1) is 6.92 Å². The number of aromatic nitrogens is 1. The summed E-state index contributed by atoms with van der Waals surface area (Å²) < 4.78 is 0. The monoisotopic (exact) mass is 310 g/mol. The molecule has 1 N–H and O–H groups in total. The number of benzene rings is 1. The Morgan fingerprint density at radius 3 is 2.65 bits per heavy atom. The highest BCUT2D eigenvalue weighted by molar-refractivity contribution is 5.89. The molecule has 118 valence electrons. The van der Waals surface area contributed by atoms with E-state index in [-0.39, 0.29) is 11.5 Å². The largest absolute Gasteiger partial charge is 0.478 e. The Kier molecular flexibility index (Phi) is 4.10. The summed E-state index contributed by atoms with van der Waals surface area (Å²) in [6.45, 7) is 2.98. The van der Waals surface area contributed by atoms with Crippen molar-refractivity contribution in [2.75, 3.05) is 6.54 Å². The molecule has 23 heavy (non-hydrogen) atoms. The van der Waals surface area contributed by atoms with E-state index in [4.69, 9.17) is 0 Å². The summed E-state index contributed by atoms with van der Waals surface area (Å²) in [6, 6.07) is 7.93. The van der Waals surface area contributed by atoms with Gasteiger partial charge in [-0.1, -0.05) is 29.8 Å². The van der Waals surface area contributed by atoms with Crippen LogP contribution in [0.1, 0.15) is 32.6 Å². The van der Waals surface area contributed by atoms with Gasteiger partial charge >= 0.3 is 5.97 Å². The maximum Gasteiger partial charge on any atom is 0.337 e. The summed E-state index contributed by atoms with van der Waals surface area (Å²) in [4.78, 5) is 29.5. The van der Waals surface area contributed by atoms with E-state index in [1.54, 1.807) is 11.1 Å². The molecule has 0 unspecified atom stereocenters. The van der Waals surface area contributed by atoms with Gasteiger partial charge in [-0.2, -0.15) is 0 Å². The molecule has 5 nitrogen and oxygen atoms in total. The number of aromatic carboxylic acids is 1. The normalized spacial score (nSPS) is 13.5. The number of amides is 1. The summed E-state index contributed by atoms with van der Waals surface area (Å²) in [5, 5.41) is 9.21. The molecular formula is C18H18N2O3. The molecule has 0 saturated carbocycles. The lowest BCUT2D eigenvalue weighted by atomic mass is 9.96. The van der Waals surface area contributed by atoms with Crippen molar-refractivity contribution in [1.29, 1.82) is 0 Å². The summed E-state index contributed by atoms with van der Waals surface area (Å²) >= 11 is 0. The molecule has 0 aliphatic carbocycles. The number of hydrogen-bond donors (Lipinski definition) is 1. The van der Waals surface area contributed by atoms with Gasteiger partial charge in [-0.25, -0.2) is 4.79 Å². The minimum Gasteiger partial charge on any atom is -0.478 e. The number of rotatable bonds is 3. The summed E-state index contributed by atoms with van der Waals surface area (Å²) in [7, 11) is 0. The van der Waals surface area contributed by atoms with Crippen molar-refractivity contribution in [2.24, 2.45) is 0 Å². The fourth-order valence-electron chi connectivity index (χ4n) is 2.88. The van der Waals surface area contributed by atoms with E-state index in [1.807, 2.05) is 31.2 Å². The minimum absolute atomic E-state index is 0.0558.